The predicted octanol–water partition coefficient (Wildman–Crippen LogP) is 3.63. The van der Waals surface area contributed by atoms with Crippen molar-refractivity contribution in [1.29, 1.82) is 0 Å². The molecule has 3 heteroatoms. The Bertz CT molecular complexity index is 469. The molecule has 2 rings (SSSR count). The van der Waals surface area contributed by atoms with E-state index in [0.29, 0.717) is 11.5 Å². The number of para-hydroxylation sites is 1. The number of ether oxygens (including phenoxy) is 2. The van der Waals surface area contributed by atoms with Crippen LogP contribution in [0.3, 0.4) is 0 Å². The fourth-order valence-corrected chi connectivity index (χ4v) is 1.31. The quantitative estimate of drug-likeness (QED) is 0.783. The maximum Gasteiger partial charge on any atom is 0.169 e. The van der Waals surface area contributed by atoms with Crippen molar-refractivity contribution >= 4 is 0 Å². The predicted molar refractivity (Wildman–Crippen MR) is 59.5 cm³/mol. The molecule has 0 heterocycles. The second-order valence-corrected chi connectivity index (χ2v) is 3.21. The number of hydrogen-bond donors (Lipinski definition) is 0. The molecule has 0 bridgehead atoms. The lowest BCUT2D eigenvalue weighted by Gasteiger charge is -2.07. The van der Waals surface area contributed by atoms with Gasteiger partial charge in [-0.15, -0.1) is 0 Å². The van der Waals surface area contributed by atoms with Crippen LogP contribution in [-0.4, -0.2) is 7.11 Å². The van der Waals surface area contributed by atoms with Crippen LogP contribution in [0.25, 0.3) is 0 Å². The molecule has 0 atom stereocenters. The van der Waals surface area contributed by atoms with Gasteiger partial charge in [0.2, 0.25) is 0 Å². The summed E-state index contributed by atoms with van der Waals surface area (Å²) in [7, 11) is 1.49. The van der Waals surface area contributed by atoms with Crippen LogP contribution in [0.1, 0.15) is 0 Å². The SMILES string of the molecule is COc1ccc(Oc2ccccc2)c(F)c1. The summed E-state index contributed by atoms with van der Waals surface area (Å²) in [5, 5.41) is 0. The number of hydrogen-bond acceptors (Lipinski definition) is 2. The first-order valence-electron chi connectivity index (χ1n) is 4.86. The molecule has 2 nitrogen and oxygen atoms in total. The van der Waals surface area contributed by atoms with Gasteiger partial charge in [0.25, 0.3) is 0 Å². The van der Waals surface area contributed by atoms with Gasteiger partial charge in [0.05, 0.1) is 7.11 Å². The van der Waals surface area contributed by atoms with Crippen molar-refractivity contribution in [3.63, 3.8) is 0 Å². The summed E-state index contributed by atoms with van der Waals surface area (Å²) in [6, 6.07) is 13.6. The molecular weight excluding hydrogens is 207 g/mol. The van der Waals surface area contributed by atoms with Crippen LogP contribution in [0.5, 0.6) is 17.2 Å². The van der Waals surface area contributed by atoms with E-state index < -0.39 is 5.82 Å². The number of methoxy groups -OCH3 is 1. The number of benzene rings is 2. The lowest BCUT2D eigenvalue weighted by Crippen LogP contribution is -1.89. The number of rotatable bonds is 3. The van der Waals surface area contributed by atoms with Crippen molar-refractivity contribution in [3.05, 3.63) is 54.3 Å². The Balaban J connectivity index is 2.22. The second-order valence-electron chi connectivity index (χ2n) is 3.21. The van der Waals surface area contributed by atoms with Gasteiger partial charge in [-0.2, -0.15) is 0 Å². The van der Waals surface area contributed by atoms with Gasteiger partial charge in [0.1, 0.15) is 11.5 Å². The van der Waals surface area contributed by atoms with Crippen molar-refractivity contribution < 1.29 is 13.9 Å². The van der Waals surface area contributed by atoms with Gasteiger partial charge in [-0.1, -0.05) is 18.2 Å². The summed E-state index contributed by atoms with van der Waals surface area (Å²) >= 11 is 0. The maximum atomic E-state index is 13.5. The Morgan fingerprint density at radius 1 is 0.938 bits per heavy atom. The topological polar surface area (TPSA) is 18.5 Å². The molecule has 0 unspecified atom stereocenters. The molecule has 0 amide bonds. The first-order valence-corrected chi connectivity index (χ1v) is 4.86. The minimum Gasteiger partial charge on any atom is -0.497 e. The van der Waals surface area contributed by atoms with E-state index >= 15 is 0 Å². The molecule has 2 aromatic carbocycles. The highest BCUT2D eigenvalue weighted by Crippen LogP contribution is 2.26. The fourth-order valence-electron chi connectivity index (χ4n) is 1.31. The van der Waals surface area contributed by atoms with Crippen LogP contribution in [0.2, 0.25) is 0 Å². The fraction of sp³-hybridized carbons (Fsp3) is 0.0769. The number of halogens is 1. The van der Waals surface area contributed by atoms with Crippen LogP contribution in [-0.2, 0) is 0 Å². The third-order valence-corrected chi connectivity index (χ3v) is 2.11. The summed E-state index contributed by atoms with van der Waals surface area (Å²) in [6.45, 7) is 0. The standard InChI is InChI=1S/C13H11FO2/c1-15-11-7-8-13(12(14)9-11)16-10-5-3-2-4-6-10/h2-9H,1H3. The molecule has 0 aromatic heterocycles. The highest BCUT2D eigenvalue weighted by Gasteiger charge is 2.05. The van der Waals surface area contributed by atoms with E-state index in [0.717, 1.165) is 0 Å². The first kappa shape index (κ1) is 10.5. The Kier molecular flexibility index (Phi) is 3.05. The van der Waals surface area contributed by atoms with E-state index in [1.807, 2.05) is 18.2 Å². The smallest absolute Gasteiger partial charge is 0.169 e. The van der Waals surface area contributed by atoms with Gasteiger partial charge in [0.15, 0.2) is 11.6 Å². The molecule has 0 spiro atoms. The molecule has 0 N–H and O–H groups in total. The molecule has 82 valence electrons. The lowest BCUT2D eigenvalue weighted by atomic mass is 10.3. The molecule has 0 fully saturated rings. The molecule has 0 saturated heterocycles. The summed E-state index contributed by atoms with van der Waals surface area (Å²) < 4.78 is 23.8. The van der Waals surface area contributed by atoms with Crippen molar-refractivity contribution in [3.8, 4) is 17.2 Å². The summed E-state index contributed by atoms with van der Waals surface area (Å²) in [5.41, 5.74) is 0. The summed E-state index contributed by atoms with van der Waals surface area (Å²) in [6.07, 6.45) is 0. The Morgan fingerprint density at radius 3 is 2.31 bits per heavy atom. The Hall–Kier alpha value is -2.03. The molecular formula is C13H11FO2. The van der Waals surface area contributed by atoms with Crippen molar-refractivity contribution in [1.82, 2.24) is 0 Å². The van der Waals surface area contributed by atoms with Gasteiger partial charge < -0.3 is 9.47 Å². The van der Waals surface area contributed by atoms with Crippen LogP contribution < -0.4 is 9.47 Å². The van der Waals surface area contributed by atoms with E-state index in [1.54, 1.807) is 24.3 Å². The van der Waals surface area contributed by atoms with Gasteiger partial charge in [-0.25, -0.2) is 4.39 Å². The third-order valence-electron chi connectivity index (χ3n) is 2.11. The van der Waals surface area contributed by atoms with Crippen molar-refractivity contribution in [2.75, 3.05) is 7.11 Å². The van der Waals surface area contributed by atoms with Gasteiger partial charge in [0, 0.05) is 6.07 Å². The van der Waals surface area contributed by atoms with Gasteiger partial charge in [-0.3, -0.25) is 0 Å². The zero-order valence-corrected chi connectivity index (χ0v) is 8.81. The second kappa shape index (κ2) is 4.66. The van der Waals surface area contributed by atoms with Crippen molar-refractivity contribution in [2.24, 2.45) is 0 Å². The van der Waals surface area contributed by atoms with Gasteiger partial charge in [-0.05, 0) is 24.3 Å². The molecule has 0 saturated carbocycles. The molecule has 16 heavy (non-hydrogen) atoms. The highest BCUT2D eigenvalue weighted by atomic mass is 19.1. The normalized spacial score (nSPS) is 9.88. The van der Waals surface area contributed by atoms with Crippen LogP contribution in [0.15, 0.2) is 48.5 Å². The van der Waals surface area contributed by atoms with E-state index in [1.165, 1.54) is 13.2 Å². The zero-order chi connectivity index (χ0) is 11.4. The molecule has 0 radical (unpaired) electrons. The summed E-state index contributed by atoms with van der Waals surface area (Å²) in [5.74, 6) is 0.819. The Labute approximate surface area is 93.2 Å². The highest BCUT2D eigenvalue weighted by molar-refractivity contribution is 5.36. The third kappa shape index (κ3) is 2.31. The molecule has 0 aliphatic rings. The van der Waals surface area contributed by atoms with Crippen LogP contribution in [0.4, 0.5) is 4.39 Å². The van der Waals surface area contributed by atoms with E-state index in [4.69, 9.17) is 9.47 Å². The minimum absolute atomic E-state index is 0.187. The zero-order valence-electron chi connectivity index (χ0n) is 8.81. The average molecular weight is 218 g/mol. The Morgan fingerprint density at radius 2 is 1.69 bits per heavy atom. The molecule has 0 aliphatic carbocycles. The molecule has 2 aromatic rings. The minimum atomic E-state index is -0.441. The van der Waals surface area contributed by atoms with E-state index in [-0.39, 0.29) is 5.75 Å². The lowest BCUT2D eigenvalue weighted by molar-refractivity contribution is 0.402. The van der Waals surface area contributed by atoms with E-state index in [2.05, 4.69) is 0 Å². The van der Waals surface area contributed by atoms with E-state index in [9.17, 15) is 4.39 Å². The van der Waals surface area contributed by atoms with Gasteiger partial charge >= 0.3 is 0 Å². The monoisotopic (exact) mass is 218 g/mol. The van der Waals surface area contributed by atoms with Crippen molar-refractivity contribution in [2.45, 2.75) is 0 Å². The largest absolute Gasteiger partial charge is 0.497 e. The van der Waals surface area contributed by atoms with Crippen LogP contribution in [0, 0.1) is 5.82 Å². The van der Waals surface area contributed by atoms with Crippen LogP contribution >= 0.6 is 0 Å². The average Bonchev–Trinajstić information content (AvgIpc) is 2.33. The molecule has 0 aliphatic heterocycles. The summed E-state index contributed by atoms with van der Waals surface area (Å²) in [4.78, 5) is 0. The first-order chi connectivity index (χ1) is 7.79. The maximum absolute atomic E-state index is 13.5.